The Morgan fingerprint density at radius 1 is 1.33 bits per heavy atom. The van der Waals surface area contributed by atoms with Crippen LogP contribution in [-0.4, -0.2) is 35.3 Å². The van der Waals surface area contributed by atoms with Gasteiger partial charge in [-0.25, -0.2) is 9.97 Å². The minimum atomic E-state index is 0.248. The maximum absolute atomic E-state index is 5.67. The van der Waals surface area contributed by atoms with Gasteiger partial charge in [0.05, 0.1) is 12.2 Å². The summed E-state index contributed by atoms with van der Waals surface area (Å²) in [5.74, 6) is 0.817. The minimum absolute atomic E-state index is 0.248. The van der Waals surface area contributed by atoms with Gasteiger partial charge in [-0.1, -0.05) is 0 Å². The third-order valence-corrected chi connectivity index (χ3v) is 2.48. The zero-order valence-electron chi connectivity index (χ0n) is 9.47. The highest BCUT2D eigenvalue weighted by molar-refractivity contribution is 5.31. The largest absolute Gasteiger partial charge is 0.372 e. The summed E-state index contributed by atoms with van der Waals surface area (Å²) in [6.07, 6.45) is 2.30. The lowest BCUT2D eigenvalue weighted by atomic mass is 10.2. The molecule has 1 aromatic heterocycles. The van der Waals surface area contributed by atoms with E-state index in [-0.39, 0.29) is 12.2 Å². The molecule has 2 atom stereocenters. The number of morpholine rings is 1. The van der Waals surface area contributed by atoms with Crippen LogP contribution in [0, 0.1) is 6.92 Å². The molecule has 0 N–H and O–H groups in total. The lowest BCUT2D eigenvalue weighted by molar-refractivity contribution is -0.00573. The summed E-state index contributed by atoms with van der Waals surface area (Å²) in [7, 11) is 0. The molecule has 1 aliphatic rings. The van der Waals surface area contributed by atoms with E-state index in [0.717, 1.165) is 24.7 Å². The lowest BCUT2D eigenvalue weighted by Gasteiger charge is -2.35. The molecule has 0 bridgehead atoms. The Labute approximate surface area is 90.3 Å². The topological polar surface area (TPSA) is 38.2 Å². The van der Waals surface area contributed by atoms with E-state index in [9.17, 15) is 0 Å². The first-order valence-electron chi connectivity index (χ1n) is 5.35. The molecule has 0 radical (unpaired) electrons. The molecule has 0 spiro atoms. The average molecular weight is 207 g/mol. The predicted octanol–water partition coefficient (Wildman–Crippen LogP) is 1.40. The number of hydrogen-bond donors (Lipinski definition) is 0. The van der Waals surface area contributed by atoms with Crippen LogP contribution in [0.3, 0.4) is 0 Å². The van der Waals surface area contributed by atoms with Crippen molar-refractivity contribution in [2.24, 2.45) is 0 Å². The molecule has 1 aliphatic heterocycles. The van der Waals surface area contributed by atoms with Crippen molar-refractivity contribution in [3.8, 4) is 0 Å². The van der Waals surface area contributed by atoms with Gasteiger partial charge in [0.25, 0.3) is 0 Å². The van der Waals surface area contributed by atoms with Crippen molar-refractivity contribution < 1.29 is 4.74 Å². The molecule has 4 heteroatoms. The van der Waals surface area contributed by atoms with E-state index in [4.69, 9.17) is 4.74 Å². The Bertz CT molecular complexity index is 332. The Balaban J connectivity index is 2.16. The van der Waals surface area contributed by atoms with Gasteiger partial charge in [0.2, 0.25) is 5.95 Å². The first kappa shape index (κ1) is 10.4. The van der Waals surface area contributed by atoms with Crippen LogP contribution in [-0.2, 0) is 4.74 Å². The summed E-state index contributed by atoms with van der Waals surface area (Å²) in [5, 5.41) is 0. The molecular formula is C11H17N3O. The van der Waals surface area contributed by atoms with Crippen molar-refractivity contribution >= 4 is 5.95 Å². The summed E-state index contributed by atoms with van der Waals surface area (Å²) in [4.78, 5) is 10.9. The number of aryl methyl sites for hydroxylation is 1. The van der Waals surface area contributed by atoms with Crippen molar-refractivity contribution in [3.05, 3.63) is 18.0 Å². The predicted molar refractivity (Wildman–Crippen MR) is 59.0 cm³/mol. The minimum Gasteiger partial charge on any atom is -0.372 e. The molecule has 0 aromatic carbocycles. The molecule has 1 aromatic rings. The van der Waals surface area contributed by atoms with Gasteiger partial charge >= 0.3 is 0 Å². The summed E-state index contributed by atoms with van der Waals surface area (Å²) in [5.41, 5.74) is 1.01. The number of hydrogen-bond acceptors (Lipinski definition) is 4. The zero-order chi connectivity index (χ0) is 10.8. The third-order valence-electron chi connectivity index (χ3n) is 2.48. The second-order valence-corrected chi connectivity index (χ2v) is 4.16. The normalized spacial score (nSPS) is 26.7. The van der Waals surface area contributed by atoms with Crippen LogP contribution in [0.4, 0.5) is 5.95 Å². The Kier molecular flexibility index (Phi) is 2.86. The van der Waals surface area contributed by atoms with Crippen LogP contribution in [0.25, 0.3) is 0 Å². The molecule has 0 saturated carbocycles. The number of anilines is 1. The first-order valence-corrected chi connectivity index (χ1v) is 5.35. The number of ether oxygens (including phenoxy) is 1. The fourth-order valence-corrected chi connectivity index (χ4v) is 1.93. The van der Waals surface area contributed by atoms with Crippen LogP contribution >= 0.6 is 0 Å². The van der Waals surface area contributed by atoms with E-state index < -0.39 is 0 Å². The fourth-order valence-electron chi connectivity index (χ4n) is 1.93. The van der Waals surface area contributed by atoms with Crippen molar-refractivity contribution in [1.82, 2.24) is 9.97 Å². The summed E-state index contributed by atoms with van der Waals surface area (Å²) < 4.78 is 5.67. The molecule has 0 amide bonds. The van der Waals surface area contributed by atoms with Gasteiger partial charge in [-0.15, -0.1) is 0 Å². The molecule has 2 rings (SSSR count). The quantitative estimate of drug-likeness (QED) is 0.697. The van der Waals surface area contributed by atoms with Crippen LogP contribution in [0.2, 0.25) is 0 Å². The van der Waals surface area contributed by atoms with Crippen LogP contribution < -0.4 is 4.90 Å². The van der Waals surface area contributed by atoms with Crippen molar-refractivity contribution in [1.29, 1.82) is 0 Å². The standard InChI is InChI=1S/C11H17N3O/c1-8-4-5-12-11(13-8)14-6-9(2)15-10(3)7-14/h4-5,9-10H,6-7H2,1-3H3. The van der Waals surface area contributed by atoms with Crippen molar-refractivity contribution in [2.45, 2.75) is 33.0 Å². The van der Waals surface area contributed by atoms with Gasteiger partial charge in [0.1, 0.15) is 0 Å². The smallest absolute Gasteiger partial charge is 0.225 e. The number of rotatable bonds is 1. The highest BCUT2D eigenvalue weighted by atomic mass is 16.5. The molecule has 1 fully saturated rings. The van der Waals surface area contributed by atoms with E-state index in [0.29, 0.717) is 0 Å². The van der Waals surface area contributed by atoms with E-state index in [1.807, 2.05) is 19.2 Å². The van der Waals surface area contributed by atoms with Gasteiger partial charge in [0.15, 0.2) is 0 Å². The monoisotopic (exact) mass is 207 g/mol. The third kappa shape index (κ3) is 2.45. The second-order valence-electron chi connectivity index (χ2n) is 4.16. The molecule has 2 unspecified atom stereocenters. The number of aromatic nitrogens is 2. The summed E-state index contributed by atoms with van der Waals surface area (Å²) >= 11 is 0. The molecule has 4 nitrogen and oxygen atoms in total. The van der Waals surface area contributed by atoms with Gasteiger partial charge in [-0.2, -0.15) is 0 Å². The van der Waals surface area contributed by atoms with Crippen molar-refractivity contribution in [3.63, 3.8) is 0 Å². The SMILES string of the molecule is Cc1ccnc(N2CC(C)OC(C)C2)n1. The van der Waals surface area contributed by atoms with Crippen LogP contribution in [0.15, 0.2) is 12.3 Å². The zero-order valence-corrected chi connectivity index (χ0v) is 9.47. The molecule has 1 saturated heterocycles. The Morgan fingerprint density at radius 2 is 2.00 bits per heavy atom. The molecule has 2 heterocycles. The Morgan fingerprint density at radius 3 is 2.60 bits per heavy atom. The lowest BCUT2D eigenvalue weighted by Crippen LogP contribution is -2.46. The highest BCUT2D eigenvalue weighted by Gasteiger charge is 2.23. The fraction of sp³-hybridized carbons (Fsp3) is 0.636. The first-order chi connectivity index (χ1) is 7.15. The van der Waals surface area contributed by atoms with E-state index in [1.165, 1.54) is 0 Å². The van der Waals surface area contributed by atoms with E-state index in [1.54, 1.807) is 0 Å². The summed E-state index contributed by atoms with van der Waals surface area (Å²) in [6.45, 7) is 7.89. The molecule has 15 heavy (non-hydrogen) atoms. The van der Waals surface area contributed by atoms with E-state index >= 15 is 0 Å². The van der Waals surface area contributed by atoms with Gasteiger partial charge < -0.3 is 9.64 Å². The van der Waals surface area contributed by atoms with Crippen molar-refractivity contribution in [2.75, 3.05) is 18.0 Å². The van der Waals surface area contributed by atoms with Crippen LogP contribution in [0.5, 0.6) is 0 Å². The van der Waals surface area contributed by atoms with Gasteiger partial charge in [0, 0.05) is 25.0 Å². The second kappa shape index (κ2) is 4.14. The average Bonchev–Trinajstić information content (AvgIpc) is 2.16. The van der Waals surface area contributed by atoms with E-state index in [2.05, 4.69) is 28.7 Å². The molecule has 0 aliphatic carbocycles. The molecule has 82 valence electrons. The maximum atomic E-state index is 5.67. The Hall–Kier alpha value is -1.16. The number of nitrogens with zero attached hydrogens (tertiary/aromatic N) is 3. The van der Waals surface area contributed by atoms with Gasteiger partial charge in [-0.05, 0) is 26.8 Å². The maximum Gasteiger partial charge on any atom is 0.225 e. The highest BCUT2D eigenvalue weighted by Crippen LogP contribution is 2.15. The summed E-state index contributed by atoms with van der Waals surface area (Å²) in [6, 6.07) is 1.91. The van der Waals surface area contributed by atoms with Gasteiger partial charge in [-0.3, -0.25) is 0 Å². The molecular weight excluding hydrogens is 190 g/mol. The van der Waals surface area contributed by atoms with Crippen LogP contribution in [0.1, 0.15) is 19.5 Å².